The molecule has 9 nitrogen and oxygen atoms in total. The van der Waals surface area contributed by atoms with Gasteiger partial charge in [0.15, 0.2) is 5.96 Å². The number of hydrogen-bond donors (Lipinski definition) is 2. The Kier molecular flexibility index (Phi) is 7.09. The molecule has 160 valence electrons. The first-order valence-corrected chi connectivity index (χ1v) is 11.5. The second-order valence-corrected chi connectivity index (χ2v) is 8.74. The summed E-state index contributed by atoms with van der Waals surface area (Å²) in [5.74, 6) is 0.835. The van der Waals surface area contributed by atoms with Crippen LogP contribution in [0.25, 0.3) is 0 Å². The number of ether oxygens (including phenoxy) is 1. The van der Waals surface area contributed by atoms with E-state index in [0.29, 0.717) is 45.9 Å². The maximum Gasteiger partial charge on any atom is 0.251 e. The number of sulfonamides is 1. The third-order valence-corrected chi connectivity index (χ3v) is 5.98. The average Bonchev–Trinajstić information content (AvgIpc) is 3.25. The number of rotatable bonds is 5. The molecule has 1 unspecified atom stereocenters. The first-order chi connectivity index (χ1) is 13.9. The van der Waals surface area contributed by atoms with Crippen LogP contribution < -0.4 is 10.5 Å². The van der Waals surface area contributed by atoms with E-state index in [4.69, 9.17) is 9.88 Å². The lowest BCUT2D eigenvalue weighted by Crippen LogP contribution is -2.55. The van der Waals surface area contributed by atoms with Gasteiger partial charge in [-0.1, -0.05) is 12.1 Å². The molecular formula is C19H29N5O4S. The van der Waals surface area contributed by atoms with Crippen LogP contribution in [-0.2, 0) is 26.1 Å². The van der Waals surface area contributed by atoms with Gasteiger partial charge in [0, 0.05) is 39.3 Å². The lowest BCUT2D eigenvalue weighted by Gasteiger charge is -2.37. The number of piperazine rings is 1. The fourth-order valence-electron chi connectivity index (χ4n) is 3.53. The highest BCUT2D eigenvalue weighted by atomic mass is 32.2. The normalized spacial score (nSPS) is 20.8. The number of amides is 1. The van der Waals surface area contributed by atoms with Crippen LogP contribution in [0.1, 0.15) is 25.3 Å². The van der Waals surface area contributed by atoms with E-state index in [1.54, 1.807) is 12.1 Å². The number of nitrogens with zero attached hydrogens (tertiary/aromatic N) is 3. The molecule has 1 aromatic carbocycles. The van der Waals surface area contributed by atoms with E-state index in [2.05, 4.69) is 15.2 Å². The van der Waals surface area contributed by atoms with Gasteiger partial charge in [-0.3, -0.25) is 4.79 Å². The van der Waals surface area contributed by atoms with Crippen molar-refractivity contribution in [3.05, 3.63) is 29.8 Å². The number of hydrogen-bond acceptors (Lipinski definition) is 5. The van der Waals surface area contributed by atoms with E-state index in [-0.39, 0.29) is 16.9 Å². The molecule has 1 amide bonds. The summed E-state index contributed by atoms with van der Waals surface area (Å²) in [5, 5.41) is 8.47. The minimum absolute atomic E-state index is 0.0801. The minimum Gasteiger partial charge on any atom is -0.368 e. The van der Waals surface area contributed by atoms with Crippen LogP contribution in [0.4, 0.5) is 0 Å². The van der Waals surface area contributed by atoms with E-state index in [0.717, 1.165) is 24.4 Å². The molecule has 3 rings (SSSR count). The van der Waals surface area contributed by atoms with Gasteiger partial charge in [-0.05, 0) is 37.5 Å². The molecule has 0 aromatic heterocycles. The van der Waals surface area contributed by atoms with Gasteiger partial charge in [-0.25, -0.2) is 18.5 Å². The maximum absolute atomic E-state index is 12.5. The maximum atomic E-state index is 12.5. The highest BCUT2D eigenvalue weighted by molar-refractivity contribution is 7.89. The molecule has 10 heteroatoms. The Morgan fingerprint density at radius 2 is 2.00 bits per heavy atom. The van der Waals surface area contributed by atoms with Crippen molar-refractivity contribution in [3.63, 3.8) is 0 Å². The molecule has 0 radical (unpaired) electrons. The molecule has 3 N–H and O–H groups in total. The van der Waals surface area contributed by atoms with Gasteiger partial charge in [0.1, 0.15) is 6.10 Å². The predicted octanol–water partition coefficient (Wildman–Crippen LogP) is 0.123. The van der Waals surface area contributed by atoms with Crippen molar-refractivity contribution in [1.29, 1.82) is 0 Å². The second kappa shape index (κ2) is 9.55. The number of carbonyl (C=O) groups excluding carboxylic acids is 1. The van der Waals surface area contributed by atoms with Gasteiger partial charge in [-0.15, -0.1) is 0 Å². The zero-order valence-corrected chi connectivity index (χ0v) is 17.5. The number of nitrogens with two attached hydrogens (primary N) is 1. The first-order valence-electron chi connectivity index (χ1n) is 9.94. The molecule has 29 heavy (non-hydrogen) atoms. The third-order valence-electron chi connectivity index (χ3n) is 5.07. The molecule has 2 aliphatic heterocycles. The van der Waals surface area contributed by atoms with Crippen LogP contribution in [0, 0.1) is 0 Å². The van der Waals surface area contributed by atoms with Gasteiger partial charge < -0.3 is 19.9 Å². The largest absolute Gasteiger partial charge is 0.368 e. The molecule has 2 saturated heterocycles. The molecule has 1 aromatic rings. The molecule has 2 fully saturated rings. The second-order valence-electron chi connectivity index (χ2n) is 7.18. The number of aliphatic imine (C=N–C) groups is 1. The third kappa shape index (κ3) is 5.68. The lowest BCUT2D eigenvalue weighted by molar-refractivity contribution is -0.142. The van der Waals surface area contributed by atoms with Crippen LogP contribution in [0.2, 0.25) is 0 Å². The van der Waals surface area contributed by atoms with E-state index in [1.165, 1.54) is 6.07 Å². The van der Waals surface area contributed by atoms with Crippen molar-refractivity contribution in [2.24, 2.45) is 10.1 Å². The molecule has 0 saturated carbocycles. The van der Waals surface area contributed by atoms with Crippen molar-refractivity contribution >= 4 is 21.9 Å². The van der Waals surface area contributed by atoms with E-state index in [1.807, 2.05) is 17.9 Å². The van der Waals surface area contributed by atoms with Crippen molar-refractivity contribution < 1.29 is 17.9 Å². The Bertz CT molecular complexity index is 844. The van der Waals surface area contributed by atoms with Crippen LogP contribution in [-0.4, -0.2) is 75.5 Å². The molecule has 0 aliphatic carbocycles. The Hall–Kier alpha value is -2.17. The number of nitrogens with one attached hydrogen (secondary N) is 1. The standard InChI is InChI=1S/C19H29N5O4S/c1-2-21-19(22-14-15-5-3-6-16(13-15)29(20,26)27)24-10-8-23(9-11-24)18(25)17-7-4-12-28-17/h3,5-6,13,17H,2,4,7-12,14H2,1H3,(H,21,22)(H2,20,26,27). The van der Waals surface area contributed by atoms with Crippen LogP contribution >= 0.6 is 0 Å². The van der Waals surface area contributed by atoms with Crippen molar-refractivity contribution in [1.82, 2.24) is 15.1 Å². The van der Waals surface area contributed by atoms with Gasteiger partial charge in [0.25, 0.3) is 5.91 Å². The van der Waals surface area contributed by atoms with Crippen molar-refractivity contribution in [2.45, 2.75) is 37.3 Å². The van der Waals surface area contributed by atoms with Gasteiger partial charge >= 0.3 is 0 Å². The molecule has 1 atom stereocenters. The zero-order valence-electron chi connectivity index (χ0n) is 16.7. The highest BCUT2D eigenvalue weighted by Gasteiger charge is 2.30. The molecule has 0 bridgehead atoms. The van der Waals surface area contributed by atoms with E-state index < -0.39 is 10.0 Å². The Morgan fingerprint density at radius 3 is 2.62 bits per heavy atom. The van der Waals surface area contributed by atoms with E-state index >= 15 is 0 Å². The Labute approximate surface area is 172 Å². The summed E-state index contributed by atoms with van der Waals surface area (Å²) >= 11 is 0. The number of guanidine groups is 1. The average molecular weight is 424 g/mol. The molecule has 2 aliphatic rings. The van der Waals surface area contributed by atoms with Crippen molar-refractivity contribution in [2.75, 3.05) is 39.3 Å². The molecular weight excluding hydrogens is 394 g/mol. The summed E-state index contributed by atoms with van der Waals surface area (Å²) in [6.07, 6.45) is 1.47. The number of primary sulfonamides is 1. The summed E-state index contributed by atoms with van der Waals surface area (Å²) in [5.41, 5.74) is 0.763. The Balaban J connectivity index is 1.62. The van der Waals surface area contributed by atoms with Crippen molar-refractivity contribution in [3.8, 4) is 0 Å². The van der Waals surface area contributed by atoms with Crippen LogP contribution in [0.5, 0.6) is 0 Å². The van der Waals surface area contributed by atoms with Gasteiger partial charge in [0.2, 0.25) is 10.0 Å². The summed E-state index contributed by atoms with van der Waals surface area (Å²) in [6, 6.07) is 6.49. The highest BCUT2D eigenvalue weighted by Crippen LogP contribution is 2.16. The monoisotopic (exact) mass is 423 g/mol. The number of benzene rings is 1. The summed E-state index contributed by atoms with van der Waals surface area (Å²) in [7, 11) is -3.74. The summed E-state index contributed by atoms with van der Waals surface area (Å²) in [6.45, 7) is 6.33. The zero-order chi connectivity index (χ0) is 20.9. The fraction of sp³-hybridized carbons (Fsp3) is 0.579. The van der Waals surface area contributed by atoms with Crippen LogP contribution in [0.15, 0.2) is 34.2 Å². The van der Waals surface area contributed by atoms with Crippen LogP contribution in [0.3, 0.4) is 0 Å². The van der Waals surface area contributed by atoms with Gasteiger partial charge in [0.05, 0.1) is 11.4 Å². The lowest BCUT2D eigenvalue weighted by atomic mass is 10.2. The first kappa shape index (κ1) is 21.5. The van der Waals surface area contributed by atoms with E-state index in [9.17, 15) is 13.2 Å². The molecule has 2 heterocycles. The Morgan fingerprint density at radius 1 is 1.28 bits per heavy atom. The number of carbonyl (C=O) groups is 1. The smallest absolute Gasteiger partial charge is 0.251 e. The molecule has 0 spiro atoms. The topological polar surface area (TPSA) is 117 Å². The predicted molar refractivity (Wildman–Crippen MR) is 110 cm³/mol. The quantitative estimate of drug-likeness (QED) is 0.513. The fourth-order valence-corrected chi connectivity index (χ4v) is 4.11. The van der Waals surface area contributed by atoms with Gasteiger partial charge in [-0.2, -0.15) is 0 Å². The minimum atomic E-state index is -3.74. The summed E-state index contributed by atoms with van der Waals surface area (Å²) < 4.78 is 28.6. The summed E-state index contributed by atoms with van der Waals surface area (Å²) in [4.78, 5) is 21.2. The SMILES string of the molecule is CCNC(=NCc1cccc(S(N)(=O)=O)c1)N1CCN(C(=O)C2CCCO2)CC1.